The Labute approximate surface area is 180 Å². The summed E-state index contributed by atoms with van der Waals surface area (Å²) in [7, 11) is 0. The van der Waals surface area contributed by atoms with Gasteiger partial charge in [0.05, 0.1) is 18.8 Å². The SMILES string of the molecule is CC(c1ccccc1)N(CCC(=O)NCc1ccco1)C(=O)Nc1cccc(Cl)c1. The molecular formula is C23H24ClN3O3. The number of urea groups is 1. The van der Waals surface area contributed by atoms with Crippen LogP contribution in [0.15, 0.2) is 77.4 Å². The van der Waals surface area contributed by atoms with E-state index >= 15 is 0 Å². The molecular weight excluding hydrogens is 402 g/mol. The van der Waals surface area contributed by atoms with Crippen molar-refractivity contribution in [3.05, 3.63) is 89.3 Å². The summed E-state index contributed by atoms with van der Waals surface area (Å²) in [6.45, 7) is 2.51. The van der Waals surface area contributed by atoms with Gasteiger partial charge in [-0.25, -0.2) is 4.79 Å². The van der Waals surface area contributed by atoms with E-state index in [1.165, 1.54) is 0 Å². The van der Waals surface area contributed by atoms with E-state index in [0.717, 1.165) is 5.56 Å². The average Bonchev–Trinajstić information content (AvgIpc) is 3.26. The fourth-order valence-corrected chi connectivity index (χ4v) is 3.24. The van der Waals surface area contributed by atoms with E-state index in [2.05, 4.69) is 10.6 Å². The van der Waals surface area contributed by atoms with Crippen LogP contribution in [-0.2, 0) is 11.3 Å². The number of rotatable bonds is 8. The second-order valence-electron chi connectivity index (χ2n) is 6.83. The van der Waals surface area contributed by atoms with Crippen LogP contribution in [0.25, 0.3) is 0 Å². The van der Waals surface area contributed by atoms with Gasteiger partial charge in [-0.05, 0) is 42.8 Å². The van der Waals surface area contributed by atoms with Crippen molar-refractivity contribution >= 4 is 29.2 Å². The van der Waals surface area contributed by atoms with Gasteiger partial charge in [-0.15, -0.1) is 0 Å². The van der Waals surface area contributed by atoms with Crippen LogP contribution < -0.4 is 10.6 Å². The lowest BCUT2D eigenvalue weighted by molar-refractivity contribution is -0.121. The van der Waals surface area contributed by atoms with Crippen LogP contribution in [0.2, 0.25) is 5.02 Å². The summed E-state index contributed by atoms with van der Waals surface area (Å²) in [6.07, 6.45) is 1.73. The number of hydrogen-bond acceptors (Lipinski definition) is 3. The molecule has 0 fully saturated rings. The number of hydrogen-bond donors (Lipinski definition) is 2. The van der Waals surface area contributed by atoms with Crippen LogP contribution in [0.3, 0.4) is 0 Å². The Morgan fingerprint density at radius 2 is 1.87 bits per heavy atom. The van der Waals surface area contributed by atoms with Gasteiger partial charge in [-0.3, -0.25) is 4.79 Å². The molecule has 30 heavy (non-hydrogen) atoms. The molecule has 6 nitrogen and oxygen atoms in total. The number of carbonyl (C=O) groups excluding carboxylic acids is 2. The number of nitrogens with one attached hydrogen (secondary N) is 2. The molecule has 3 rings (SSSR count). The quantitative estimate of drug-likeness (QED) is 0.518. The fourth-order valence-electron chi connectivity index (χ4n) is 3.05. The van der Waals surface area contributed by atoms with Gasteiger partial charge in [0.15, 0.2) is 0 Å². The van der Waals surface area contributed by atoms with Crippen molar-refractivity contribution in [2.45, 2.75) is 25.9 Å². The lowest BCUT2D eigenvalue weighted by Gasteiger charge is -2.29. The normalized spacial score (nSPS) is 11.5. The minimum Gasteiger partial charge on any atom is -0.467 e. The van der Waals surface area contributed by atoms with Crippen molar-refractivity contribution in [3.63, 3.8) is 0 Å². The molecule has 2 N–H and O–H groups in total. The summed E-state index contributed by atoms with van der Waals surface area (Å²) in [5, 5.41) is 6.21. The summed E-state index contributed by atoms with van der Waals surface area (Å²) in [5.41, 5.74) is 1.58. The van der Waals surface area contributed by atoms with Crippen molar-refractivity contribution < 1.29 is 14.0 Å². The highest BCUT2D eigenvalue weighted by atomic mass is 35.5. The molecule has 1 unspecified atom stereocenters. The summed E-state index contributed by atoms with van der Waals surface area (Å²) in [6, 6.07) is 19.7. The molecule has 0 saturated heterocycles. The van der Waals surface area contributed by atoms with Crippen LogP contribution in [0.1, 0.15) is 30.7 Å². The van der Waals surface area contributed by atoms with Crippen molar-refractivity contribution in [2.75, 3.05) is 11.9 Å². The molecule has 2 aromatic carbocycles. The molecule has 3 amide bonds. The van der Waals surface area contributed by atoms with Gasteiger partial charge in [-0.2, -0.15) is 0 Å². The van der Waals surface area contributed by atoms with E-state index in [4.69, 9.17) is 16.0 Å². The third-order valence-corrected chi connectivity index (χ3v) is 4.94. The monoisotopic (exact) mass is 425 g/mol. The van der Waals surface area contributed by atoms with Crippen molar-refractivity contribution in [1.29, 1.82) is 0 Å². The Hall–Kier alpha value is -3.25. The van der Waals surface area contributed by atoms with Crippen LogP contribution in [0, 0.1) is 0 Å². The second-order valence-corrected chi connectivity index (χ2v) is 7.26. The van der Waals surface area contributed by atoms with Gasteiger partial charge in [0.1, 0.15) is 5.76 Å². The number of furan rings is 1. The molecule has 0 spiro atoms. The molecule has 0 radical (unpaired) electrons. The summed E-state index contributed by atoms with van der Waals surface area (Å²) >= 11 is 6.02. The Kier molecular flexibility index (Phi) is 7.51. The van der Waals surface area contributed by atoms with Gasteiger partial charge >= 0.3 is 6.03 Å². The Morgan fingerprint density at radius 3 is 2.57 bits per heavy atom. The first-order chi connectivity index (χ1) is 14.5. The van der Waals surface area contributed by atoms with Crippen LogP contribution >= 0.6 is 11.6 Å². The molecule has 1 atom stereocenters. The van der Waals surface area contributed by atoms with E-state index < -0.39 is 0 Å². The molecule has 156 valence electrons. The molecule has 0 bridgehead atoms. The summed E-state index contributed by atoms with van der Waals surface area (Å²) < 4.78 is 5.22. The number of nitrogens with zero attached hydrogens (tertiary/aromatic N) is 1. The first-order valence-electron chi connectivity index (χ1n) is 9.70. The lowest BCUT2D eigenvalue weighted by Crippen LogP contribution is -2.39. The minimum atomic E-state index is -0.299. The highest BCUT2D eigenvalue weighted by Gasteiger charge is 2.22. The number of benzene rings is 2. The topological polar surface area (TPSA) is 74.6 Å². The lowest BCUT2D eigenvalue weighted by atomic mass is 10.1. The molecule has 1 aromatic heterocycles. The van der Waals surface area contributed by atoms with Gasteiger partial charge in [-0.1, -0.05) is 48.0 Å². The zero-order valence-electron chi connectivity index (χ0n) is 16.7. The standard InChI is InChI=1S/C23H24ClN3O3/c1-17(18-7-3-2-4-8-18)27(23(29)26-20-10-5-9-19(24)15-20)13-12-22(28)25-16-21-11-6-14-30-21/h2-11,14-15,17H,12-13,16H2,1H3,(H,25,28)(H,26,29). The van der Waals surface area contributed by atoms with Gasteiger partial charge in [0.2, 0.25) is 5.91 Å². The Morgan fingerprint density at radius 1 is 1.07 bits per heavy atom. The zero-order valence-corrected chi connectivity index (χ0v) is 17.4. The third kappa shape index (κ3) is 6.12. The Bertz CT molecular complexity index is 961. The number of carbonyl (C=O) groups is 2. The summed E-state index contributed by atoms with van der Waals surface area (Å²) in [4.78, 5) is 27.0. The number of amides is 3. The average molecular weight is 426 g/mol. The van der Waals surface area contributed by atoms with E-state index in [1.54, 1.807) is 47.6 Å². The molecule has 0 aliphatic rings. The highest BCUT2D eigenvalue weighted by Crippen LogP contribution is 2.22. The molecule has 0 aliphatic carbocycles. The first-order valence-corrected chi connectivity index (χ1v) is 10.1. The summed E-state index contributed by atoms with van der Waals surface area (Å²) in [5.74, 6) is 0.517. The minimum absolute atomic E-state index is 0.160. The predicted octanol–water partition coefficient (Wildman–Crippen LogP) is 5.23. The van der Waals surface area contributed by atoms with Crippen LogP contribution in [0.5, 0.6) is 0 Å². The van der Waals surface area contributed by atoms with E-state index in [1.807, 2.05) is 37.3 Å². The van der Waals surface area contributed by atoms with Crippen molar-refractivity contribution in [2.24, 2.45) is 0 Å². The smallest absolute Gasteiger partial charge is 0.322 e. The van der Waals surface area contributed by atoms with E-state index in [9.17, 15) is 9.59 Å². The highest BCUT2D eigenvalue weighted by molar-refractivity contribution is 6.30. The van der Waals surface area contributed by atoms with Crippen LogP contribution in [-0.4, -0.2) is 23.4 Å². The molecule has 0 aliphatic heterocycles. The second kappa shape index (κ2) is 10.5. The predicted molar refractivity (Wildman–Crippen MR) is 117 cm³/mol. The molecule has 7 heteroatoms. The van der Waals surface area contributed by atoms with E-state index in [-0.39, 0.29) is 30.9 Å². The maximum atomic E-state index is 13.0. The molecule has 1 heterocycles. The third-order valence-electron chi connectivity index (χ3n) is 4.71. The number of anilines is 1. The van der Waals surface area contributed by atoms with Crippen molar-refractivity contribution in [3.8, 4) is 0 Å². The molecule has 3 aromatic rings. The number of halogens is 1. The van der Waals surface area contributed by atoms with Crippen molar-refractivity contribution in [1.82, 2.24) is 10.2 Å². The van der Waals surface area contributed by atoms with Gasteiger partial charge in [0.25, 0.3) is 0 Å². The molecule has 0 saturated carbocycles. The van der Waals surface area contributed by atoms with E-state index in [0.29, 0.717) is 23.0 Å². The van der Waals surface area contributed by atoms with Crippen LogP contribution in [0.4, 0.5) is 10.5 Å². The Balaban J connectivity index is 1.66. The fraction of sp³-hybridized carbons (Fsp3) is 0.217. The largest absolute Gasteiger partial charge is 0.467 e. The first kappa shape index (κ1) is 21.5. The van der Waals surface area contributed by atoms with Gasteiger partial charge < -0.3 is 20.0 Å². The maximum absolute atomic E-state index is 13.0. The van der Waals surface area contributed by atoms with Gasteiger partial charge in [0, 0.05) is 23.7 Å². The maximum Gasteiger partial charge on any atom is 0.322 e. The zero-order chi connectivity index (χ0) is 21.3.